The van der Waals surface area contributed by atoms with Gasteiger partial charge in [0.15, 0.2) is 0 Å². The molecule has 0 unspecified atom stereocenters. The monoisotopic (exact) mass is 156 g/mol. The molecule has 0 radical (unpaired) electrons. The highest BCUT2D eigenvalue weighted by Crippen LogP contribution is 2.04. The zero-order valence-corrected chi connectivity index (χ0v) is 6.73. The van der Waals surface area contributed by atoms with Crippen LogP contribution in [0.2, 0.25) is 0 Å². The van der Waals surface area contributed by atoms with Crippen molar-refractivity contribution in [2.45, 2.75) is 19.3 Å². The van der Waals surface area contributed by atoms with Gasteiger partial charge < -0.3 is 5.73 Å². The van der Waals surface area contributed by atoms with E-state index in [-0.39, 0.29) is 0 Å². The van der Waals surface area contributed by atoms with Crippen LogP contribution in [0.15, 0.2) is 10.9 Å². The zero-order chi connectivity index (χ0) is 7.23. The zero-order valence-electron chi connectivity index (χ0n) is 5.92. The standard InChI is InChI=1S/C7H12N2S/c8-4-2-1-3-7-5-10-6-9-7/h5-6H,1-4,8H2. The average molecular weight is 156 g/mol. The second-order valence-corrected chi connectivity index (χ2v) is 2.94. The molecule has 0 atom stereocenters. The van der Waals surface area contributed by atoms with Gasteiger partial charge in [-0.25, -0.2) is 4.98 Å². The van der Waals surface area contributed by atoms with E-state index in [0.717, 1.165) is 19.4 Å². The molecular formula is C7H12N2S. The molecule has 0 saturated heterocycles. The molecule has 1 heterocycles. The summed E-state index contributed by atoms with van der Waals surface area (Å²) in [6.45, 7) is 0.796. The lowest BCUT2D eigenvalue weighted by molar-refractivity contribution is 0.735. The lowest BCUT2D eigenvalue weighted by Crippen LogP contribution is -1.98. The normalized spacial score (nSPS) is 10.1. The van der Waals surface area contributed by atoms with Gasteiger partial charge in [-0.3, -0.25) is 0 Å². The Morgan fingerprint density at radius 1 is 1.50 bits per heavy atom. The van der Waals surface area contributed by atoms with E-state index < -0.39 is 0 Å². The van der Waals surface area contributed by atoms with Crippen molar-refractivity contribution in [3.63, 3.8) is 0 Å². The van der Waals surface area contributed by atoms with Crippen molar-refractivity contribution in [3.8, 4) is 0 Å². The summed E-state index contributed by atoms with van der Waals surface area (Å²) in [7, 11) is 0. The lowest BCUT2D eigenvalue weighted by atomic mass is 10.2. The summed E-state index contributed by atoms with van der Waals surface area (Å²) in [5.74, 6) is 0. The highest BCUT2D eigenvalue weighted by Gasteiger charge is 1.92. The molecule has 0 aromatic carbocycles. The largest absolute Gasteiger partial charge is 0.330 e. The van der Waals surface area contributed by atoms with E-state index in [9.17, 15) is 0 Å². The van der Waals surface area contributed by atoms with Gasteiger partial charge in [-0.15, -0.1) is 11.3 Å². The number of rotatable bonds is 4. The summed E-state index contributed by atoms with van der Waals surface area (Å²) in [4.78, 5) is 4.17. The van der Waals surface area contributed by atoms with E-state index in [1.807, 2.05) is 5.51 Å². The van der Waals surface area contributed by atoms with Crippen molar-refractivity contribution < 1.29 is 0 Å². The van der Waals surface area contributed by atoms with E-state index in [1.54, 1.807) is 11.3 Å². The molecule has 0 aliphatic carbocycles. The molecule has 1 rings (SSSR count). The van der Waals surface area contributed by atoms with Gasteiger partial charge in [0, 0.05) is 5.38 Å². The molecule has 56 valence electrons. The minimum atomic E-state index is 0.796. The van der Waals surface area contributed by atoms with Crippen LogP contribution >= 0.6 is 11.3 Å². The molecule has 10 heavy (non-hydrogen) atoms. The number of hydrogen-bond acceptors (Lipinski definition) is 3. The Kier molecular flexibility index (Phi) is 3.40. The minimum Gasteiger partial charge on any atom is -0.330 e. The molecule has 0 saturated carbocycles. The first-order valence-electron chi connectivity index (χ1n) is 3.50. The molecule has 0 amide bonds. The van der Waals surface area contributed by atoms with Crippen LogP contribution in [0.5, 0.6) is 0 Å². The second kappa shape index (κ2) is 4.41. The fraction of sp³-hybridized carbons (Fsp3) is 0.571. The maximum atomic E-state index is 5.35. The molecular weight excluding hydrogens is 144 g/mol. The summed E-state index contributed by atoms with van der Waals surface area (Å²) in [5.41, 5.74) is 8.43. The van der Waals surface area contributed by atoms with Crippen LogP contribution in [0, 0.1) is 0 Å². The van der Waals surface area contributed by atoms with Crippen LogP contribution in [0.1, 0.15) is 18.5 Å². The van der Waals surface area contributed by atoms with Gasteiger partial charge in [0.05, 0.1) is 11.2 Å². The molecule has 1 aromatic heterocycles. The summed E-state index contributed by atoms with van der Waals surface area (Å²) in [5, 5.41) is 2.09. The Hall–Kier alpha value is -0.410. The van der Waals surface area contributed by atoms with Crippen molar-refractivity contribution in [1.82, 2.24) is 4.98 Å². The van der Waals surface area contributed by atoms with Gasteiger partial charge in [0.25, 0.3) is 0 Å². The number of thiazole rings is 1. The number of aromatic nitrogens is 1. The maximum Gasteiger partial charge on any atom is 0.0794 e. The Balaban J connectivity index is 2.15. The molecule has 0 bridgehead atoms. The Labute approximate surface area is 65.1 Å². The lowest BCUT2D eigenvalue weighted by Gasteiger charge is -1.92. The third-order valence-electron chi connectivity index (χ3n) is 1.37. The fourth-order valence-electron chi connectivity index (χ4n) is 0.811. The summed E-state index contributed by atoms with van der Waals surface area (Å²) < 4.78 is 0. The first kappa shape index (κ1) is 7.69. The van der Waals surface area contributed by atoms with E-state index in [2.05, 4.69) is 10.4 Å². The van der Waals surface area contributed by atoms with Gasteiger partial charge in [-0.1, -0.05) is 0 Å². The van der Waals surface area contributed by atoms with Crippen LogP contribution in [0.4, 0.5) is 0 Å². The Bertz CT molecular complexity index is 160. The minimum absolute atomic E-state index is 0.796. The average Bonchev–Trinajstić information content (AvgIpc) is 2.41. The van der Waals surface area contributed by atoms with Crippen molar-refractivity contribution in [2.24, 2.45) is 5.73 Å². The predicted octanol–water partition coefficient (Wildman–Crippen LogP) is 1.42. The van der Waals surface area contributed by atoms with Gasteiger partial charge in [0.1, 0.15) is 0 Å². The molecule has 0 spiro atoms. The summed E-state index contributed by atoms with van der Waals surface area (Å²) in [6, 6.07) is 0. The molecule has 3 heteroatoms. The van der Waals surface area contributed by atoms with Crippen LogP contribution in [-0.4, -0.2) is 11.5 Å². The van der Waals surface area contributed by atoms with E-state index in [4.69, 9.17) is 5.73 Å². The third kappa shape index (κ3) is 2.45. The first-order chi connectivity index (χ1) is 4.93. The van der Waals surface area contributed by atoms with Crippen molar-refractivity contribution in [1.29, 1.82) is 0 Å². The van der Waals surface area contributed by atoms with Crippen LogP contribution in [-0.2, 0) is 6.42 Å². The van der Waals surface area contributed by atoms with Crippen LogP contribution in [0.25, 0.3) is 0 Å². The second-order valence-electron chi connectivity index (χ2n) is 2.23. The SMILES string of the molecule is NCCCCc1cscn1. The number of unbranched alkanes of at least 4 members (excludes halogenated alkanes) is 1. The number of nitrogens with zero attached hydrogens (tertiary/aromatic N) is 1. The number of hydrogen-bond donors (Lipinski definition) is 1. The van der Waals surface area contributed by atoms with Crippen LogP contribution in [0.3, 0.4) is 0 Å². The van der Waals surface area contributed by atoms with E-state index in [0.29, 0.717) is 0 Å². The van der Waals surface area contributed by atoms with E-state index >= 15 is 0 Å². The van der Waals surface area contributed by atoms with Gasteiger partial charge in [0.2, 0.25) is 0 Å². The predicted molar refractivity (Wildman–Crippen MR) is 44.1 cm³/mol. The molecule has 2 nitrogen and oxygen atoms in total. The topological polar surface area (TPSA) is 38.9 Å². The summed E-state index contributed by atoms with van der Waals surface area (Å²) >= 11 is 1.66. The fourth-order valence-corrected chi connectivity index (χ4v) is 1.40. The third-order valence-corrected chi connectivity index (χ3v) is 2.01. The smallest absolute Gasteiger partial charge is 0.0794 e. The van der Waals surface area contributed by atoms with Crippen molar-refractivity contribution >= 4 is 11.3 Å². The molecule has 0 fully saturated rings. The summed E-state index contributed by atoms with van der Waals surface area (Å²) in [6.07, 6.45) is 3.36. The van der Waals surface area contributed by atoms with Gasteiger partial charge >= 0.3 is 0 Å². The molecule has 2 N–H and O–H groups in total. The molecule has 1 aromatic rings. The van der Waals surface area contributed by atoms with Crippen LogP contribution < -0.4 is 5.73 Å². The number of nitrogens with two attached hydrogens (primary N) is 1. The van der Waals surface area contributed by atoms with Crippen molar-refractivity contribution in [3.05, 3.63) is 16.6 Å². The molecule has 0 aliphatic heterocycles. The highest BCUT2D eigenvalue weighted by molar-refractivity contribution is 7.07. The Morgan fingerprint density at radius 2 is 2.40 bits per heavy atom. The van der Waals surface area contributed by atoms with Gasteiger partial charge in [-0.05, 0) is 25.8 Å². The Morgan fingerprint density at radius 3 is 3.00 bits per heavy atom. The highest BCUT2D eigenvalue weighted by atomic mass is 32.1. The number of aryl methyl sites for hydroxylation is 1. The first-order valence-corrected chi connectivity index (χ1v) is 4.45. The quantitative estimate of drug-likeness (QED) is 0.670. The molecule has 0 aliphatic rings. The maximum absolute atomic E-state index is 5.35. The van der Waals surface area contributed by atoms with E-state index in [1.165, 1.54) is 12.1 Å². The van der Waals surface area contributed by atoms with Gasteiger partial charge in [-0.2, -0.15) is 0 Å². The van der Waals surface area contributed by atoms with Crippen molar-refractivity contribution in [2.75, 3.05) is 6.54 Å².